The fraction of sp³-hybridized carbons (Fsp3) is 0.200. The Morgan fingerprint density at radius 3 is 2.12 bits per heavy atom. The second kappa shape index (κ2) is 7.40. The minimum Gasteiger partial charge on any atom is -0.508 e. The predicted octanol–water partition coefficient (Wildman–Crippen LogP) is 0.617. The SMILES string of the molecule is O=P(O)(O)O.Oc1cc(O)c2c(c1)O[C@H](c1ccc(O)c(O)c1)[C@@H](O)C2. The molecule has 1 aliphatic heterocycles. The van der Waals surface area contributed by atoms with Crippen LogP contribution in [-0.2, 0) is 11.0 Å². The first-order chi connectivity index (χ1) is 12.0. The lowest BCUT2D eigenvalue weighted by Crippen LogP contribution is -2.30. The molecule has 8 N–H and O–H groups in total. The summed E-state index contributed by atoms with van der Waals surface area (Å²) in [6.07, 6.45) is -1.56. The van der Waals surface area contributed by atoms with Crippen LogP contribution < -0.4 is 4.74 Å². The minimum atomic E-state index is -4.64. The van der Waals surface area contributed by atoms with E-state index in [2.05, 4.69) is 0 Å². The number of benzene rings is 2. The summed E-state index contributed by atoms with van der Waals surface area (Å²) in [4.78, 5) is 21.6. The van der Waals surface area contributed by atoms with Gasteiger partial charge >= 0.3 is 7.82 Å². The topological polar surface area (TPSA) is 188 Å². The number of ether oxygens (including phenoxy) is 1. The van der Waals surface area contributed by atoms with Crippen molar-refractivity contribution < 1.29 is 49.5 Å². The third-order valence-corrected chi connectivity index (χ3v) is 3.51. The highest BCUT2D eigenvalue weighted by Crippen LogP contribution is 2.42. The van der Waals surface area contributed by atoms with E-state index in [0.29, 0.717) is 11.1 Å². The van der Waals surface area contributed by atoms with Gasteiger partial charge in [-0.05, 0) is 17.7 Å². The molecule has 0 aliphatic carbocycles. The van der Waals surface area contributed by atoms with Gasteiger partial charge in [-0.25, -0.2) is 4.57 Å². The van der Waals surface area contributed by atoms with Gasteiger partial charge < -0.3 is 44.9 Å². The molecule has 26 heavy (non-hydrogen) atoms. The summed E-state index contributed by atoms with van der Waals surface area (Å²) in [7, 11) is -4.64. The highest BCUT2D eigenvalue weighted by Gasteiger charge is 2.32. The second-order valence-corrected chi connectivity index (χ2v) is 6.54. The third kappa shape index (κ3) is 5.01. The highest BCUT2D eigenvalue weighted by atomic mass is 31.2. The van der Waals surface area contributed by atoms with Crippen molar-refractivity contribution in [2.24, 2.45) is 0 Å². The molecule has 1 aliphatic rings. The molecule has 0 amide bonds. The van der Waals surface area contributed by atoms with Crippen molar-refractivity contribution in [3.8, 4) is 28.7 Å². The summed E-state index contributed by atoms with van der Waals surface area (Å²) < 4.78 is 14.5. The van der Waals surface area contributed by atoms with Crippen molar-refractivity contribution in [3.05, 3.63) is 41.5 Å². The van der Waals surface area contributed by atoms with Crippen molar-refractivity contribution in [1.82, 2.24) is 0 Å². The van der Waals surface area contributed by atoms with Crippen LogP contribution in [0.3, 0.4) is 0 Å². The normalized spacial score (nSPS) is 18.9. The summed E-state index contributed by atoms with van der Waals surface area (Å²) in [6.45, 7) is 0. The van der Waals surface area contributed by atoms with Crippen LogP contribution in [0.1, 0.15) is 17.2 Å². The number of aliphatic hydroxyl groups is 1. The Morgan fingerprint density at radius 2 is 1.54 bits per heavy atom. The first-order valence-electron chi connectivity index (χ1n) is 7.15. The number of rotatable bonds is 1. The average molecular weight is 388 g/mol. The zero-order valence-corrected chi connectivity index (χ0v) is 14.0. The number of fused-ring (bicyclic) bond motifs is 1. The number of phenols is 4. The van der Waals surface area contributed by atoms with Gasteiger partial charge in [-0.3, -0.25) is 0 Å². The molecule has 0 saturated heterocycles. The van der Waals surface area contributed by atoms with Gasteiger partial charge in [-0.15, -0.1) is 0 Å². The molecule has 2 aromatic rings. The zero-order chi connectivity index (χ0) is 19.6. The standard InChI is InChI=1S/C15H14O6.H3O4P/c16-8-4-11(18)9-6-13(20)15(21-14(9)5-8)7-1-2-10(17)12(19)3-7;1-5(2,3)4/h1-5,13,15-20H,6H2;(H3,1,2,3,4)/t13-,15+;/m0./s1. The quantitative estimate of drug-likeness (QED) is 0.254. The monoisotopic (exact) mass is 388 g/mol. The highest BCUT2D eigenvalue weighted by molar-refractivity contribution is 7.45. The third-order valence-electron chi connectivity index (χ3n) is 3.51. The van der Waals surface area contributed by atoms with Crippen LogP contribution in [0.2, 0.25) is 0 Å². The Kier molecular flexibility index (Phi) is 5.65. The van der Waals surface area contributed by atoms with E-state index in [4.69, 9.17) is 24.0 Å². The van der Waals surface area contributed by atoms with Gasteiger partial charge in [0.05, 0.1) is 6.10 Å². The summed E-state index contributed by atoms with van der Waals surface area (Å²) in [6, 6.07) is 6.67. The van der Waals surface area contributed by atoms with Gasteiger partial charge in [0.1, 0.15) is 23.4 Å². The number of phosphoric acid groups is 1. The average Bonchev–Trinajstić information content (AvgIpc) is 2.49. The fourth-order valence-electron chi connectivity index (χ4n) is 2.47. The van der Waals surface area contributed by atoms with Gasteiger partial charge in [0, 0.05) is 24.1 Å². The molecule has 0 aromatic heterocycles. The molecular formula is C15H17O10P. The molecule has 0 unspecified atom stereocenters. The molecular weight excluding hydrogens is 371 g/mol. The van der Waals surface area contributed by atoms with Gasteiger partial charge in [-0.1, -0.05) is 6.07 Å². The molecule has 0 radical (unpaired) electrons. The summed E-state index contributed by atoms with van der Waals surface area (Å²) in [5.41, 5.74) is 0.894. The Balaban J connectivity index is 0.000000431. The molecule has 1 heterocycles. The maximum absolute atomic E-state index is 10.2. The van der Waals surface area contributed by atoms with E-state index in [1.807, 2.05) is 0 Å². The number of aliphatic hydroxyl groups excluding tert-OH is 1. The first kappa shape index (κ1) is 19.8. The van der Waals surface area contributed by atoms with Crippen LogP contribution in [0.15, 0.2) is 30.3 Å². The summed E-state index contributed by atoms with van der Waals surface area (Å²) >= 11 is 0. The van der Waals surface area contributed by atoms with E-state index in [1.165, 1.54) is 30.3 Å². The Morgan fingerprint density at radius 1 is 0.923 bits per heavy atom. The Bertz CT molecular complexity index is 838. The maximum Gasteiger partial charge on any atom is 0.466 e. The van der Waals surface area contributed by atoms with Crippen LogP contribution in [0, 0.1) is 0 Å². The molecule has 0 spiro atoms. The van der Waals surface area contributed by atoms with E-state index in [-0.39, 0.29) is 35.2 Å². The first-order valence-corrected chi connectivity index (χ1v) is 8.72. The number of aromatic hydroxyl groups is 4. The van der Waals surface area contributed by atoms with Crippen LogP contribution in [0.25, 0.3) is 0 Å². The van der Waals surface area contributed by atoms with Crippen molar-refractivity contribution in [2.45, 2.75) is 18.6 Å². The molecule has 3 rings (SSSR count). The molecule has 0 fully saturated rings. The lowest BCUT2D eigenvalue weighted by molar-refractivity contribution is 0.0197. The minimum absolute atomic E-state index is 0.143. The molecule has 2 atom stereocenters. The summed E-state index contributed by atoms with van der Waals surface area (Å²) in [5.74, 6) is -0.589. The molecule has 11 heteroatoms. The molecule has 142 valence electrons. The lowest BCUT2D eigenvalue weighted by Gasteiger charge is -2.31. The van der Waals surface area contributed by atoms with Crippen molar-refractivity contribution in [2.75, 3.05) is 0 Å². The van der Waals surface area contributed by atoms with Crippen molar-refractivity contribution in [1.29, 1.82) is 0 Å². The number of phenolic OH excluding ortho intramolecular Hbond substituents is 4. The smallest absolute Gasteiger partial charge is 0.466 e. The van der Waals surface area contributed by atoms with Crippen LogP contribution in [0.4, 0.5) is 0 Å². The van der Waals surface area contributed by atoms with E-state index in [0.717, 1.165) is 0 Å². The molecule has 0 bridgehead atoms. The van der Waals surface area contributed by atoms with Gasteiger partial charge in [-0.2, -0.15) is 0 Å². The molecule has 2 aromatic carbocycles. The number of hydrogen-bond donors (Lipinski definition) is 8. The van der Waals surface area contributed by atoms with E-state index in [1.54, 1.807) is 0 Å². The largest absolute Gasteiger partial charge is 0.508 e. The summed E-state index contributed by atoms with van der Waals surface area (Å²) in [5, 5.41) is 48.3. The molecule has 10 nitrogen and oxygen atoms in total. The van der Waals surface area contributed by atoms with Crippen molar-refractivity contribution in [3.63, 3.8) is 0 Å². The van der Waals surface area contributed by atoms with E-state index >= 15 is 0 Å². The van der Waals surface area contributed by atoms with Crippen LogP contribution in [-0.4, -0.2) is 46.3 Å². The van der Waals surface area contributed by atoms with Gasteiger partial charge in [0.15, 0.2) is 11.5 Å². The van der Waals surface area contributed by atoms with Crippen LogP contribution in [0.5, 0.6) is 28.7 Å². The van der Waals surface area contributed by atoms with Crippen molar-refractivity contribution >= 4 is 7.82 Å². The van der Waals surface area contributed by atoms with Crippen LogP contribution >= 0.6 is 7.82 Å². The maximum atomic E-state index is 10.2. The molecule has 0 saturated carbocycles. The Labute approximate surface area is 147 Å². The lowest BCUT2D eigenvalue weighted by atomic mass is 9.94. The zero-order valence-electron chi connectivity index (χ0n) is 13.1. The van der Waals surface area contributed by atoms with Gasteiger partial charge in [0.25, 0.3) is 0 Å². The Hall–Kier alpha value is -2.49. The fourth-order valence-corrected chi connectivity index (χ4v) is 2.47. The van der Waals surface area contributed by atoms with E-state index in [9.17, 15) is 25.5 Å². The second-order valence-electron chi connectivity index (χ2n) is 5.51. The van der Waals surface area contributed by atoms with Gasteiger partial charge in [0.2, 0.25) is 0 Å². The van der Waals surface area contributed by atoms with E-state index < -0.39 is 20.0 Å². The number of hydrogen-bond acceptors (Lipinski definition) is 7. The predicted molar refractivity (Wildman–Crippen MR) is 86.9 cm³/mol.